The summed E-state index contributed by atoms with van der Waals surface area (Å²) in [5.41, 5.74) is 1.81. The van der Waals surface area contributed by atoms with E-state index in [4.69, 9.17) is 9.47 Å². The normalized spacial score (nSPS) is 11.6. The number of ether oxygens (including phenoxy) is 2. The molecule has 0 fully saturated rings. The van der Waals surface area contributed by atoms with Crippen molar-refractivity contribution in [3.63, 3.8) is 0 Å². The molecule has 0 aromatic heterocycles. The molecule has 0 bridgehead atoms. The number of amides is 1. The minimum Gasteiger partial charge on any atom is -0.492 e. The summed E-state index contributed by atoms with van der Waals surface area (Å²) in [6, 6.07) is 15.1. The van der Waals surface area contributed by atoms with Crippen LogP contribution in [0.3, 0.4) is 0 Å². The first kappa shape index (κ1) is 16.9. The Labute approximate surface area is 137 Å². The molecule has 0 aliphatic rings. The smallest absolute Gasteiger partial charge is 0.265 e. The lowest BCUT2D eigenvalue weighted by Crippen LogP contribution is -2.32. The van der Waals surface area contributed by atoms with Crippen LogP contribution in [0.5, 0.6) is 11.5 Å². The highest BCUT2D eigenvalue weighted by Gasteiger charge is 2.19. The maximum atomic E-state index is 12.5. The predicted molar refractivity (Wildman–Crippen MR) is 92.1 cm³/mol. The van der Waals surface area contributed by atoms with Crippen molar-refractivity contribution in [2.75, 3.05) is 11.9 Å². The monoisotopic (exact) mass is 313 g/mol. The van der Waals surface area contributed by atoms with Crippen molar-refractivity contribution < 1.29 is 14.3 Å². The highest BCUT2D eigenvalue weighted by molar-refractivity contribution is 5.95. The van der Waals surface area contributed by atoms with Gasteiger partial charge < -0.3 is 14.8 Å². The van der Waals surface area contributed by atoms with E-state index < -0.39 is 6.10 Å². The van der Waals surface area contributed by atoms with Crippen molar-refractivity contribution in [2.45, 2.75) is 33.3 Å². The fourth-order valence-electron chi connectivity index (χ4n) is 2.17. The number of rotatable bonds is 7. The summed E-state index contributed by atoms with van der Waals surface area (Å²) in [6.45, 7) is 6.39. The molecule has 2 aromatic rings. The third kappa shape index (κ3) is 4.74. The highest BCUT2D eigenvalue weighted by Crippen LogP contribution is 2.24. The Morgan fingerprint density at radius 3 is 2.43 bits per heavy atom. The summed E-state index contributed by atoms with van der Waals surface area (Å²) in [5.74, 6) is 1.17. The summed E-state index contributed by atoms with van der Waals surface area (Å²) in [7, 11) is 0. The van der Waals surface area contributed by atoms with Gasteiger partial charge in [-0.1, -0.05) is 36.8 Å². The molecule has 1 atom stereocenters. The third-order valence-corrected chi connectivity index (χ3v) is 3.41. The van der Waals surface area contributed by atoms with Crippen LogP contribution in [0.15, 0.2) is 48.5 Å². The fourth-order valence-corrected chi connectivity index (χ4v) is 2.17. The molecule has 0 heterocycles. The van der Waals surface area contributed by atoms with E-state index in [2.05, 4.69) is 5.32 Å². The van der Waals surface area contributed by atoms with Crippen molar-refractivity contribution in [1.29, 1.82) is 0 Å². The predicted octanol–water partition coefficient (Wildman–Crippen LogP) is 4.19. The lowest BCUT2D eigenvalue weighted by Gasteiger charge is -2.18. The summed E-state index contributed by atoms with van der Waals surface area (Å²) < 4.78 is 11.3. The number of hydrogen-bond donors (Lipinski definition) is 1. The summed E-state index contributed by atoms with van der Waals surface area (Å²) in [6.07, 6.45) is 0.0312. The number of carbonyl (C=O) groups excluding carboxylic acids is 1. The van der Waals surface area contributed by atoms with Gasteiger partial charge in [-0.05, 0) is 44.5 Å². The molecule has 2 aromatic carbocycles. The second kappa shape index (κ2) is 8.22. The van der Waals surface area contributed by atoms with Gasteiger partial charge in [0.25, 0.3) is 5.91 Å². The minimum atomic E-state index is -0.549. The van der Waals surface area contributed by atoms with Gasteiger partial charge in [0.05, 0.1) is 12.3 Å². The molecule has 0 unspecified atom stereocenters. The number of benzene rings is 2. The van der Waals surface area contributed by atoms with Crippen LogP contribution < -0.4 is 14.8 Å². The van der Waals surface area contributed by atoms with Gasteiger partial charge in [0.15, 0.2) is 6.10 Å². The summed E-state index contributed by atoms with van der Waals surface area (Å²) in [4.78, 5) is 12.5. The molecule has 2 rings (SSSR count). The molecule has 0 aliphatic heterocycles. The zero-order valence-electron chi connectivity index (χ0n) is 13.8. The van der Waals surface area contributed by atoms with E-state index in [1.165, 1.54) is 0 Å². The molecule has 23 heavy (non-hydrogen) atoms. The Hall–Kier alpha value is -2.49. The molecule has 0 saturated heterocycles. The van der Waals surface area contributed by atoms with Crippen molar-refractivity contribution in [2.24, 2.45) is 0 Å². The zero-order chi connectivity index (χ0) is 16.7. The van der Waals surface area contributed by atoms with Gasteiger partial charge in [-0.2, -0.15) is 0 Å². The van der Waals surface area contributed by atoms with E-state index in [0.717, 1.165) is 5.56 Å². The van der Waals surface area contributed by atoms with Gasteiger partial charge >= 0.3 is 0 Å². The zero-order valence-corrected chi connectivity index (χ0v) is 13.8. The second-order valence-electron chi connectivity index (χ2n) is 5.25. The Balaban J connectivity index is 2.06. The Morgan fingerprint density at radius 2 is 1.78 bits per heavy atom. The molecule has 0 aliphatic carbocycles. The molecule has 0 saturated carbocycles. The number of anilines is 1. The van der Waals surface area contributed by atoms with Crippen LogP contribution >= 0.6 is 0 Å². The van der Waals surface area contributed by atoms with Crippen molar-refractivity contribution >= 4 is 11.6 Å². The van der Waals surface area contributed by atoms with E-state index in [1.807, 2.05) is 69.3 Å². The largest absolute Gasteiger partial charge is 0.492 e. The SMILES string of the molecule is CCOc1ccccc1NC(=O)[C@@H](CC)Oc1ccc(C)cc1. The first-order chi connectivity index (χ1) is 11.1. The van der Waals surface area contributed by atoms with Crippen LogP contribution in [0.25, 0.3) is 0 Å². The number of nitrogens with one attached hydrogen (secondary N) is 1. The first-order valence-electron chi connectivity index (χ1n) is 7.90. The van der Waals surface area contributed by atoms with Crippen LogP contribution in [0.4, 0.5) is 5.69 Å². The van der Waals surface area contributed by atoms with Crippen molar-refractivity contribution in [3.05, 3.63) is 54.1 Å². The van der Waals surface area contributed by atoms with Gasteiger partial charge in [0.1, 0.15) is 11.5 Å². The average Bonchev–Trinajstić information content (AvgIpc) is 2.56. The van der Waals surface area contributed by atoms with Crippen LogP contribution in [0.1, 0.15) is 25.8 Å². The van der Waals surface area contributed by atoms with Gasteiger partial charge in [0, 0.05) is 0 Å². The maximum absolute atomic E-state index is 12.5. The number of para-hydroxylation sites is 2. The maximum Gasteiger partial charge on any atom is 0.265 e. The number of hydrogen-bond acceptors (Lipinski definition) is 3. The van der Waals surface area contributed by atoms with E-state index in [1.54, 1.807) is 0 Å². The number of carbonyl (C=O) groups is 1. The van der Waals surface area contributed by atoms with Crippen LogP contribution in [0.2, 0.25) is 0 Å². The van der Waals surface area contributed by atoms with Crippen LogP contribution in [-0.4, -0.2) is 18.6 Å². The highest BCUT2D eigenvalue weighted by atomic mass is 16.5. The Bertz CT molecular complexity index is 637. The topological polar surface area (TPSA) is 47.6 Å². The molecule has 122 valence electrons. The minimum absolute atomic E-state index is 0.180. The van der Waals surface area contributed by atoms with Crippen LogP contribution in [-0.2, 0) is 4.79 Å². The van der Waals surface area contributed by atoms with Gasteiger partial charge in [-0.3, -0.25) is 4.79 Å². The van der Waals surface area contributed by atoms with E-state index in [9.17, 15) is 4.79 Å². The Morgan fingerprint density at radius 1 is 1.09 bits per heavy atom. The van der Waals surface area contributed by atoms with Crippen molar-refractivity contribution in [3.8, 4) is 11.5 Å². The van der Waals surface area contributed by atoms with Gasteiger partial charge in [-0.15, -0.1) is 0 Å². The quantitative estimate of drug-likeness (QED) is 0.833. The molecule has 0 spiro atoms. The van der Waals surface area contributed by atoms with Crippen LogP contribution in [0, 0.1) is 6.92 Å². The fraction of sp³-hybridized carbons (Fsp3) is 0.316. The van der Waals surface area contributed by atoms with Gasteiger partial charge in [0.2, 0.25) is 0 Å². The second-order valence-corrected chi connectivity index (χ2v) is 5.25. The Kier molecular flexibility index (Phi) is 6.03. The van der Waals surface area contributed by atoms with E-state index in [0.29, 0.717) is 30.2 Å². The average molecular weight is 313 g/mol. The van der Waals surface area contributed by atoms with E-state index >= 15 is 0 Å². The summed E-state index contributed by atoms with van der Waals surface area (Å²) in [5, 5.41) is 2.89. The number of aryl methyl sites for hydroxylation is 1. The lowest BCUT2D eigenvalue weighted by atomic mass is 10.2. The molecule has 4 heteroatoms. The third-order valence-electron chi connectivity index (χ3n) is 3.41. The molecule has 0 radical (unpaired) electrons. The lowest BCUT2D eigenvalue weighted by molar-refractivity contribution is -0.122. The molecule has 1 N–H and O–H groups in total. The van der Waals surface area contributed by atoms with E-state index in [-0.39, 0.29) is 5.91 Å². The summed E-state index contributed by atoms with van der Waals surface area (Å²) >= 11 is 0. The first-order valence-corrected chi connectivity index (χ1v) is 7.90. The van der Waals surface area contributed by atoms with Gasteiger partial charge in [-0.25, -0.2) is 0 Å². The molecule has 1 amide bonds. The molecular weight excluding hydrogens is 290 g/mol. The standard InChI is InChI=1S/C19H23NO3/c1-4-17(23-15-12-10-14(3)11-13-15)19(21)20-16-8-6-7-9-18(16)22-5-2/h6-13,17H,4-5H2,1-3H3,(H,20,21)/t17-/m1/s1. The van der Waals surface area contributed by atoms with Crippen molar-refractivity contribution in [1.82, 2.24) is 0 Å². The molecule has 4 nitrogen and oxygen atoms in total. The molecular formula is C19H23NO3.